The van der Waals surface area contributed by atoms with Gasteiger partial charge in [0.25, 0.3) is 0 Å². The molecule has 0 aliphatic heterocycles. The number of anilines is 2. The van der Waals surface area contributed by atoms with Crippen molar-refractivity contribution in [2.45, 2.75) is 17.9 Å². The maximum atomic E-state index is 12.2. The first kappa shape index (κ1) is 20.7. The van der Waals surface area contributed by atoms with E-state index in [9.17, 15) is 13.2 Å². The molecule has 1 atom stereocenters. The number of hydrogen-bond acceptors (Lipinski definition) is 6. The zero-order valence-corrected chi connectivity index (χ0v) is 15.5. The highest BCUT2D eigenvalue weighted by Gasteiger charge is 2.23. The summed E-state index contributed by atoms with van der Waals surface area (Å²) < 4.78 is 33.0. The van der Waals surface area contributed by atoms with E-state index in [1.807, 2.05) is 0 Å². The Kier molecular flexibility index (Phi) is 6.79. The van der Waals surface area contributed by atoms with Crippen molar-refractivity contribution < 1.29 is 17.9 Å². The fourth-order valence-corrected chi connectivity index (χ4v) is 3.14. The van der Waals surface area contributed by atoms with Crippen LogP contribution in [0.5, 0.6) is 5.75 Å². The van der Waals surface area contributed by atoms with Crippen LogP contribution in [0, 0.1) is 0 Å². The average Bonchev–Trinajstić information content (AvgIpc) is 2.94. The van der Waals surface area contributed by atoms with Crippen molar-refractivity contribution >= 4 is 39.7 Å². The molecule has 1 heterocycles. The van der Waals surface area contributed by atoms with E-state index in [2.05, 4.69) is 15.1 Å². The van der Waals surface area contributed by atoms with Crippen LogP contribution in [0.1, 0.15) is 6.92 Å². The lowest BCUT2D eigenvalue weighted by Crippen LogP contribution is -2.41. The van der Waals surface area contributed by atoms with Crippen molar-refractivity contribution in [2.24, 2.45) is 7.05 Å². The Balaban J connectivity index is 0.00000312. The van der Waals surface area contributed by atoms with Gasteiger partial charge in [-0.1, -0.05) is 0 Å². The van der Waals surface area contributed by atoms with Crippen molar-refractivity contribution in [1.82, 2.24) is 14.5 Å². The van der Waals surface area contributed by atoms with E-state index in [1.54, 1.807) is 19.2 Å². The molecule has 138 valence electrons. The van der Waals surface area contributed by atoms with Gasteiger partial charge in [-0.05, 0) is 25.1 Å². The summed E-state index contributed by atoms with van der Waals surface area (Å²) in [5.41, 5.74) is 6.56. The number of carbonyl (C=O) groups is 1. The molecule has 0 radical (unpaired) electrons. The van der Waals surface area contributed by atoms with Crippen LogP contribution in [0.15, 0.2) is 35.5 Å². The highest BCUT2D eigenvalue weighted by atomic mass is 35.5. The minimum atomic E-state index is -3.83. The molecule has 0 fully saturated rings. The number of rotatable bonds is 6. The molecule has 1 unspecified atom stereocenters. The largest absolute Gasteiger partial charge is 0.495 e. The molecule has 0 saturated heterocycles. The molecule has 11 heteroatoms. The fourth-order valence-electron chi connectivity index (χ4n) is 1.95. The normalized spacial score (nSPS) is 12.1. The minimum Gasteiger partial charge on any atom is -0.495 e. The Morgan fingerprint density at radius 3 is 2.60 bits per heavy atom. The van der Waals surface area contributed by atoms with Gasteiger partial charge in [0.15, 0.2) is 0 Å². The highest BCUT2D eigenvalue weighted by Crippen LogP contribution is 2.24. The van der Waals surface area contributed by atoms with Gasteiger partial charge in [-0.25, -0.2) is 8.42 Å². The second-order valence-corrected chi connectivity index (χ2v) is 6.85. The summed E-state index contributed by atoms with van der Waals surface area (Å²) in [6.07, 6.45) is 2.55. The van der Waals surface area contributed by atoms with E-state index in [4.69, 9.17) is 10.5 Å². The third kappa shape index (κ3) is 5.08. The van der Waals surface area contributed by atoms with E-state index >= 15 is 0 Å². The molecule has 2 rings (SSSR count). The number of aryl methyl sites for hydroxylation is 1. The number of ether oxygens (including phenoxy) is 1. The first-order chi connectivity index (χ1) is 11.2. The molecular weight excluding hydrogens is 370 g/mol. The van der Waals surface area contributed by atoms with Crippen LogP contribution >= 0.6 is 12.4 Å². The lowest BCUT2D eigenvalue weighted by Gasteiger charge is -2.14. The van der Waals surface area contributed by atoms with E-state index < -0.39 is 22.0 Å². The van der Waals surface area contributed by atoms with E-state index in [0.29, 0.717) is 17.1 Å². The number of benzene rings is 1. The van der Waals surface area contributed by atoms with Crippen LogP contribution in [-0.4, -0.2) is 37.3 Å². The molecule has 9 nitrogen and oxygen atoms in total. The molecule has 25 heavy (non-hydrogen) atoms. The van der Waals surface area contributed by atoms with Gasteiger partial charge in [0.2, 0.25) is 15.9 Å². The van der Waals surface area contributed by atoms with Gasteiger partial charge >= 0.3 is 0 Å². The van der Waals surface area contributed by atoms with Crippen LogP contribution in [0.3, 0.4) is 0 Å². The number of carbonyl (C=O) groups excluding carboxylic acids is 1. The van der Waals surface area contributed by atoms with Crippen molar-refractivity contribution in [3.05, 3.63) is 30.6 Å². The van der Waals surface area contributed by atoms with Crippen molar-refractivity contribution in [3.63, 3.8) is 0 Å². The summed E-state index contributed by atoms with van der Waals surface area (Å²) in [4.78, 5) is 12.1. The summed E-state index contributed by atoms with van der Waals surface area (Å²) >= 11 is 0. The number of halogens is 1. The highest BCUT2D eigenvalue weighted by molar-refractivity contribution is 7.89. The van der Waals surface area contributed by atoms with E-state index in [0.717, 1.165) is 0 Å². The molecule has 4 N–H and O–H groups in total. The van der Waals surface area contributed by atoms with Crippen LogP contribution in [0.4, 0.5) is 11.4 Å². The molecular formula is C14H20ClN5O4S. The molecule has 1 amide bonds. The molecule has 1 aromatic heterocycles. The predicted octanol–water partition coefficient (Wildman–Crippen LogP) is 0.738. The Bertz CT molecular complexity index is 853. The van der Waals surface area contributed by atoms with Crippen molar-refractivity contribution in [1.29, 1.82) is 0 Å². The minimum absolute atomic E-state index is 0. The third-order valence-corrected chi connectivity index (χ3v) is 4.71. The van der Waals surface area contributed by atoms with Gasteiger partial charge in [-0.3, -0.25) is 9.48 Å². The first-order valence-electron chi connectivity index (χ1n) is 6.98. The van der Waals surface area contributed by atoms with Gasteiger partial charge in [-0.2, -0.15) is 9.82 Å². The Hall–Kier alpha value is -2.30. The molecule has 0 spiro atoms. The average molecular weight is 390 g/mol. The Labute approximate surface area is 152 Å². The second kappa shape index (κ2) is 8.19. The topological polar surface area (TPSA) is 128 Å². The molecule has 0 aliphatic rings. The van der Waals surface area contributed by atoms with Gasteiger partial charge < -0.3 is 15.8 Å². The van der Waals surface area contributed by atoms with Crippen LogP contribution in [0.2, 0.25) is 0 Å². The van der Waals surface area contributed by atoms with Gasteiger partial charge in [-0.15, -0.1) is 12.4 Å². The predicted molar refractivity (Wildman–Crippen MR) is 96.3 cm³/mol. The van der Waals surface area contributed by atoms with Gasteiger partial charge in [0, 0.05) is 18.9 Å². The first-order valence-corrected chi connectivity index (χ1v) is 8.46. The zero-order chi connectivity index (χ0) is 17.9. The van der Waals surface area contributed by atoms with Crippen molar-refractivity contribution in [2.75, 3.05) is 18.2 Å². The summed E-state index contributed by atoms with van der Waals surface area (Å²) in [5.74, 6) is -0.0367. The van der Waals surface area contributed by atoms with Crippen LogP contribution in [0.25, 0.3) is 0 Å². The number of nitrogen functional groups attached to an aromatic ring is 1. The monoisotopic (exact) mass is 389 g/mol. The molecule has 0 bridgehead atoms. The molecule has 0 aliphatic carbocycles. The maximum Gasteiger partial charge on any atom is 0.244 e. The number of amides is 1. The molecule has 1 aromatic carbocycles. The van der Waals surface area contributed by atoms with Gasteiger partial charge in [0.1, 0.15) is 10.6 Å². The fraction of sp³-hybridized carbons (Fsp3) is 0.286. The van der Waals surface area contributed by atoms with Gasteiger partial charge in [0.05, 0.1) is 25.0 Å². The lowest BCUT2D eigenvalue weighted by atomic mass is 10.2. The SMILES string of the molecule is COc1ccc(NC(=O)C(C)NS(=O)(=O)c2cnn(C)c2)cc1N.Cl. The number of hydrogen-bond donors (Lipinski definition) is 3. The summed E-state index contributed by atoms with van der Waals surface area (Å²) in [6, 6.07) is 3.75. The van der Waals surface area contributed by atoms with Crippen LogP contribution < -0.4 is 20.5 Å². The maximum absolute atomic E-state index is 12.2. The van der Waals surface area contributed by atoms with E-state index in [1.165, 1.54) is 37.2 Å². The molecule has 0 saturated carbocycles. The number of aromatic nitrogens is 2. The van der Waals surface area contributed by atoms with E-state index in [-0.39, 0.29) is 17.3 Å². The number of nitrogens with two attached hydrogens (primary N) is 1. The summed E-state index contributed by atoms with van der Waals surface area (Å²) in [6.45, 7) is 1.44. The smallest absolute Gasteiger partial charge is 0.244 e. The quantitative estimate of drug-likeness (QED) is 0.625. The second-order valence-electron chi connectivity index (χ2n) is 5.14. The zero-order valence-electron chi connectivity index (χ0n) is 13.9. The Morgan fingerprint density at radius 2 is 2.08 bits per heavy atom. The summed E-state index contributed by atoms with van der Waals surface area (Å²) in [5, 5.41) is 6.39. The number of nitrogens with zero attached hydrogens (tertiary/aromatic N) is 2. The standard InChI is InChI=1S/C14H19N5O4S.ClH/c1-9(18-24(21,22)11-7-16-19(2)8-11)14(20)17-10-4-5-13(23-3)12(15)6-10;/h4-9,18H,15H2,1-3H3,(H,17,20);1H. The summed E-state index contributed by atoms with van der Waals surface area (Å²) in [7, 11) is -0.748. The number of sulfonamides is 1. The van der Waals surface area contributed by atoms with Crippen LogP contribution in [-0.2, 0) is 21.9 Å². The number of methoxy groups -OCH3 is 1. The third-order valence-electron chi connectivity index (χ3n) is 3.21. The lowest BCUT2D eigenvalue weighted by molar-refractivity contribution is -0.117. The number of nitrogens with one attached hydrogen (secondary N) is 2. The Morgan fingerprint density at radius 1 is 1.40 bits per heavy atom. The molecule has 2 aromatic rings. The van der Waals surface area contributed by atoms with Crippen molar-refractivity contribution in [3.8, 4) is 5.75 Å².